The molecular formula is C15H17FN2O3. The maximum Gasteiger partial charge on any atom is 0.326 e. The molecule has 1 aliphatic carbocycles. The number of methoxy groups -OCH3 is 1. The van der Waals surface area contributed by atoms with Crippen LogP contribution >= 0.6 is 0 Å². The van der Waals surface area contributed by atoms with E-state index in [2.05, 4.69) is 4.98 Å². The number of nitrogens with one attached hydrogen (secondary N) is 1. The predicted octanol–water partition coefficient (Wildman–Crippen LogP) is 2.37. The molecule has 0 saturated heterocycles. The third kappa shape index (κ3) is 2.46. The highest BCUT2D eigenvalue weighted by atomic mass is 19.1. The topological polar surface area (TPSA) is 64.1 Å². The molecule has 1 fully saturated rings. The van der Waals surface area contributed by atoms with Crippen molar-refractivity contribution in [3.63, 3.8) is 0 Å². The molecule has 2 aromatic rings. The number of halogens is 1. The Morgan fingerprint density at radius 3 is 2.71 bits per heavy atom. The quantitative estimate of drug-likeness (QED) is 0.864. The summed E-state index contributed by atoms with van der Waals surface area (Å²) >= 11 is 0. The van der Waals surface area contributed by atoms with Crippen LogP contribution in [0.4, 0.5) is 4.39 Å². The molecule has 0 amide bonds. The van der Waals surface area contributed by atoms with Gasteiger partial charge in [0, 0.05) is 6.04 Å². The fourth-order valence-corrected chi connectivity index (χ4v) is 3.19. The highest BCUT2D eigenvalue weighted by Crippen LogP contribution is 2.33. The number of hydrogen-bond acceptors (Lipinski definition) is 3. The normalized spacial score (nSPS) is 22.4. The minimum absolute atomic E-state index is 0.00560. The largest absolute Gasteiger partial charge is 0.469 e. The lowest BCUT2D eigenvalue weighted by molar-refractivity contribution is -0.146. The van der Waals surface area contributed by atoms with E-state index in [9.17, 15) is 14.0 Å². The Bertz CT molecular complexity index is 726. The molecule has 0 unspecified atom stereocenters. The van der Waals surface area contributed by atoms with Gasteiger partial charge in [-0.2, -0.15) is 0 Å². The zero-order chi connectivity index (χ0) is 15.0. The molecule has 5 nitrogen and oxygen atoms in total. The average molecular weight is 292 g/mol. The number of imidazole rings is 1. The summed E-state index contributed by atoms with van der Waals surface area (Å²) in [6.07, 6.45) is 2.80. The monoisotopic (exact) mass is 292 g/mol. The number of esters is 1. The molecule has 1 aliphatic rings. The van der Waals surface area contributed by atoms with Gasteiger partial charge >= 0.3 is 11.7 Å². The third-order valence-electron chi connectivity index (χ3n) is 4.28. The molecule has 0 radical (unpaired) electrons. The van der Waals surface area contributed by atoms with Gasteiger partial charge in [-0.05, 0) is 43.9 Å². The number of carbonyl (C=O) groups excluding carboxylic acids is 1. The standard InChI is InChI=1S/C15H17FN2O3/c1-21-14(19)9-2-5-11(6-3-9)18-13-8-10(16)4-7-12(13)17-15(18)20/h4,7-9,11H,2-3,5-6H2,1H3,(H,17,20)/t9-,11+. The summed E-state index contributed by atoms with van der Waals surface area (Å²) in [6.45, 7) is 0. The van der Waals surface area contributed by atoms with E-state index in [1.807, 2.05) is 0 Å². The number of rotatable bonds is 2. The van der Waals surface area contributed by atoms with E-state index < -0.39 is 0 Å². The molecule has 1 heterocycles. The van der Waals surface area contributed by atoms with Crippen LogP contribution in [0.3, 0.4) is 0 Å². The maximum absolute atomic E-state index is 13.4. The van der Waals surface area contributed by atoms with E-state index in [1.54, 1.807) is 10.6 Å². The second-order valence-electron chi connectivity index (χ2n) is 5.49. The van der Waals surface area contributed by atoms with Crippen molar-refractivity contribution < 1.29 is 13.9 Å². The lowest BCUT2D eigenvalue weighted by atomic mass is 9.86. The molecule has 1 aromatic heterocycles. The Labute approximate surface area is 120 Å². The van der Waals surface area contributed by atoms with Gasteiger partial charge in [0.15, 0.2) is 0 Å². The molecule has 1 saturated carbocycles. The van der Waals surface area contributed by atoms with Crippen molar-refractivity contribution in [1.29, 1.82) is 0 Å². The van der Waals surface area contributed by atoms with E-state index in [-0.39, 0.29) is 29.4 Å². The fourth-order valence-electron chi connectivity index (χ4n) is 3.19. The molecule has 21 heavy (non-hydrogen) atoms. The van der Waals surface area contributed by atoms with Crippen LogP contribution in [0.15, 0.2) is 23.0 Å². The van der Waals surface area contributed by atoms with Gasteiger partial charge in [0.05, 0.1) is 24.1 Å². The van der Waals surface area contributed by atoms with Crippen molar-refractivity contribution in [3.8, 4) is 0 Å². The zero-order valence-electron chi connectivity index (χ0n) is 11.8. The molecular weight excluding hydrogens is 275 g/mol. The average Bonchev–Trinajstić information content (AvgIpc) is 2.82. The molecule has 0 atom stereocenters. The van der Waals surface area contributed by atoms with Crippen LogP contribution in [0.2, 0.25) is 0 Å². The Balaban J connectivity index is 1.89. The summed E-state index contributed by atoms with van der Waals surface area (Å²) in [6, 6.07) is 4.27. The Kier molecular flexibility index (Phi) is 3.53. The van der Waals surface area contributed by atoms with Gasteiger partial charge in [-0.3, -0.25) is 9.36 Å². The van der Waals surface area contributed by atoms with E-state index >= 15 is 0 Å². The minimum Gasteiger partial charge on any atom is -0.469 e. The number of H-pyrrole nitrogens is 1. The highest BCUT2D eigenvalue weighted by Gasteiger charge is 2.29. The summed E-state index contributed by atoms with van der Waals surface area (Å²) in [5.41, 5.74) is 0.995. The first-order valence-corrected chi connectivity index (χ1v) is 7.07. The number of ether oxygens (including phenoxy) is 1. The van der Waals surface area contributed by atoms with E-state index in [0.717, 1.165) is 0 Å². The third-order valence-corrected chi connectivity index (χ3v) is 4.28. The van der Waals surface area contributed by atoms with Crippen molar-refractivity contribution in [1.82, 2.24) is 9.55 Å². The van der Waals surface area contributed by atoms with Crippen molar-refractivity contribution in [3.05, 3.63) is 34.5 Å². The summed E-state index contributed by atoms with van der Waals surface area (Å²) in [7, 11) is 1.39. The number of carbonyl (C=O) groups is 1. The van der Waals surface area contributed by atoms with Crippen LogP contribution in [-0.2, 0) is 9.53 Å². The zero-order valence-corrected chi connectivity index (χ0v) is 11.8. The van der Waals surface area contributed by atoms with Crippen LogP contribution in [0, 0.1) is 11.7 Å². The summed E-state index contributed by atoms with van der Waals surface area (Å²) < 4.78 is 19.8. The van der Waals surface area contributed by atoms with E-state index in [1.165, 1.54) is 19.2 Å². The fraction of sp³-hybridized carbons (Fsp3) is 0.467. The number of aromatic nitrogens is 2. The number of benzene rings is 1. The van der Waals surface area contributed by atoms with E-state index in [4.69, 9.17) is 4.74 Å². The van der Waals surface area contributed by atoms with Gasteiger partial charge in [0.1, 0.15) is 5.82 Å². The van der Waals surface area contributed by atoms with Gasteiger partial charge in [-0.25, -0.2) is 9.18 Å². The predicted molar refractivity (Wildman–Crippen MR) is 75.5 cm³/mol. The SMILES string of the molecule is COC(=O)[C@H]1CC[C@@H](n2c(=O)[nH]c3ccc(F)cc32)CC1. The molecule has 1 aromatic carbocycles. The van der Waals surface area contributed by atoms with Crippen molar-refractivity contribution in [2.45, 2.75) is 31.7 Å². The van der Waals surface area contributed by atoms with Gasteiger partial charge in [-0.15, -0.1) is 0 Å². The van der Waals surface area contributed by atoms with Crippen molar-refractivity contribution >= 4 is 17.0 Å². The van der Waals surface area contributed by atoms with Crippen LogP contribution in [0.25, 0.3) is 11.0 Å². The Morgan fingerprint density at radius 1 is 1.33 bits per heavy atom. The first-order valence-electron chi connectivity index (χ1n) is 7.07. The number of nitrogens with zero attached hydrogens (tertiary/aromatic N) is 1. The summed E-state index contributed by atoms with van der Waals surface area (Å²) in [5.74, 6) is -0.645. The lowest BCUT2D eigenvalue weighted by Gasteiger charge is -2.27. The first kappa shape index (κ1) is 13.9. The van der Waals surface area contributed by atoms with Crippen LogP contribution in [0.5, 0.6) is 0 Å². The molecule has 0 bridgehead atoms. The van der Waals surface area contributed by atoms with Gasteiger partial charge < -0.3 is 9.72 Å². The lowest BCUT2D eigenvalue weighted by Crippen LogP contribution is -2.29. The van der Waals surface area contributed by atoms with Crippen LogP contribution < -0.4 is 5.69 Å². The smallest absolute Gasteiger partial charge is 0.326 e. The maximum atomic E-state index is 13.4. The molecule has 0 spiro atoms. The number of fused-ring (bicyclic) bond motifs is 1. The molecule has 3 rings (SSSR count). The molecule has 112 valence electrons. The Hall–Kier alpha value is -2.11. The second-order valence-corrected chi connectivity index (χ2v) is 5.49. The molecule has 0 aliphatic heterocycles. The summed E-state index contributed by atoms with van der Waals surface area (Å²) in [5, 5.41) is 0. The van der Waals surface area contributed by atoms with Gasteiger partial charge in [0.25, 0.3) is 0 Å². The highest BCUT2D eigenvalue weighted by molar-refractivity contribution is 5.75. The van der Waals surface area contributed by atoms with Gasteiger partial charge in [0.2, 0.25) is 0 Å². The van der Waals surface area contributed by atoms with Crippen molar-refractivity contribution in [2.24, 2.45) is 5.92 Å². The van der Waals surface area contributed by atoms with Crippen molar-refractivity contribution in [2.75, 3.05) is 7.11 Å². The number of hydrogen-bond donors (Lipinski definition) is 1. The molecule has 6 heteroatoms. The van der Waals surface area contributed by atoms with Crippen LogP contribution in [-0.4, -0.2) is 22.6 Å². The second kappa shape index (κ2) is 5.35. The first-order chi connectivity index (χ1) is 10.1. The summed E-state index contributed by atoms with van der Waals surface area (Å²) in [4.78, 5) is 26.4. The number of aromatic amines is 1. The minimum atomic E-state index is -0.363. The van der Waals surface area contributed by atoms with Gasteiger partial charge in [-0.1, -0.05) is 0 Å². The van der Waals surface area contributed by atoms with E-state index in [0.29, 0.717) is 36.7 Å². The van der Waals surface area contributed by atoms with Crippen LogP contribution in [0.1, 0.15) is 31.7 Å². The Morgan fingerprint density at radius 2 is 2.05 bits per heavy atom. The molecule has 1 N–H and O–H groups in total.